The van der Waals surface area contributed by atoms with E-state index in [1.165, 1.54) is 44.9 Å². The van der Waals surface area contributed by atoms with Crippen molar-refractivity contribution in [1.82, 2.24) is 0 Å². The monoisotopic (exact) mass is 199 g/mol. The first kappa shape index (κ1) is 14.0. The lowest BCUT2D eigenvalue weighted by Crippen LogP contribution is -1.96. The Morgan fingerprint density at radius 3 is 2.00 bits per heavy atom. The molecule has 0 rings (SSSR count). The maximum Gasteiger partial charge on any atom is 0.0466 e. The summed E-state index contributed by atoms with van der Waals surface area (Å²) in [4.78, 5) is 0. The molecule has 1 nitrogen and oxygen atoms in total. The molecule has 0 aromatic heterocycles. The standard InChI is InChI=1S/C13H27O/c1-3-5-7-8-9-10-11-13-14-12-6-4-2/h2-13H2,1H3. The molecular weight excluding hydrogens is 172 g/mol. The third-order valence-electron chi connectivity index (χ3n) is 2.43. The van der Waals surface area contributed by atoms with Crippen molar-refractivity contribution in [2.24, 2.45) is 0 Å². The van der Waals surface area contributed by atoms with Gasteiger partial charge in [0.05, 0.1) is 0 Å². The predicted octanol–water partition coefficient (Wildman–Crippen LogP) is 4.37. The summed E-state index contributed by atoms with van der Waals surface area (Å²) in [7, 11) is 0. The van der Waals surface area contributed by atoms with E-state index in [9.17, 15) is 0 Å². The van der Waals surface area contributed by atoms with Gasteiger partial charge in [-0.2, -0.15) is 0 Å². The molecule has 0 saturated heterocycles. The quantitative estimate of drug-likeness (QED) is 0.449. The number of ether oxygens (including phenoxy) is 1. The summed E-state index contributed by atoms with van der Waals surface area (Å²) in [5.74, 6) is 0. The van der Waals surface area contributed by atoms with Crippen molar-refractivity contribution in [2.45, 2.75) is 64.7 Å². The van der Waals surface area contributed by atoms with E-state index in [2.05, 4.69) is 13.8 Å². The molecule has 0 aliphatic carbocycles. The van der Waals surface area contributed by atoms with Gasteiger partial charge in [-0.15, -0.1) is 0 Å². The van der Waals surface area contributed by atoms with Crippen molar-refractivity contribution in [3.8, 4) is 0 Å². The molecule has 0 atom stereocenters. The van der Waals surface area contributed by atoms with Crippen LogP contribution in [0.2, 0.25) is 0 Å². The summed E-state index contributed by atoms with van der Waals surface area (Å²) >= 11 is 0. The second kappa shape index (κ2) is 13.0. The van der Waals surface area contributed by atoms with Crippen molar-refractivity contribution in [1.29, 1.82) is 0 Å². The molecule has 0 unspecified atom stereocenters. The minimum Gasteiger partial charge on any atom is -0.381 e. The van der Waals surface area contributed by atoms with E-state index in [1.54, 1.807) is 0 Å². The second-order valence-electron chi connectivity index (χ2n) is 3.94. The van der Waals surface area contributed by atoms with Crippen LogP contribution < -0.4 is 0 Å². The van der Waals surface area contributed by atoms with Crippen LogP contribution in [0.3, 0.4) is 0 Å². The summed E-state index contributed by atoms with van der Waals surface area (Å²) in [6.45, 7) is 7.90. The lowest BCUT2D eigenvalue weighted by molar-refractivity contribution is 0.128. The molecule has 0 fully saturated rings. The Hall–Kier alpha value is -0.0400. The van der Waals surface area contributed by atoms with E-state index in [0.29, 0.717) is 0 Å². The third kappa shape index (κ3) is 12.0. The first-order chi connectivity index (χ1) is 6.91. The fraction of sp³-hybridized carbons (Fsp3) is 0.923. The summed E-state index contributed by atoms with van der Waals surface area (Å²) in [6.07, 6.45) is 11.6. The lowest BCUT2D eigenvalue weighted by Gasteiger charge is -2.03. The highest BCUT2D eigenvalue weighted by Crippen LogP contribution is 2.06. The van der Waals surface area contributed by atoms with Crippen LogP contribution in [0.15, 0.2) is 0 Å². The van der Waals surface area contributed by atoms with Crippen LogP contribution in [0.1, 0.15) is 64.7 Å². The van der Waals surface area contributed by atoms with Crippen molar-refractivity contribution in [3.63, 3.8) is 0 Å². The van der Waals surface area contributed by atoms with Gasteiger partial charge in [-0.3, -0.25) is 0 Å². The van der Waals surface area contributed by atoms with Gasteiger partial charge < -0.3 is 4.74 Å². The summed E-state index contributed by atoms with van der Waals surface area (Å²) in [5, 5.41) is 0. The molecule has 1 heteroatoms. The zero-order chi connectivity index (χ0) is 10.5. The van der Waals surface area contributed by atoms with E-state index in [-0.39, 0.29) is 0 Å². The van der Waals surface area contributed by atoms with Gasteiger partial charge in [0, 0.05) is 13.2 Å². The van der Waals surface area contributed by atoms with Gasteiger partial charge >= 0.3 is 0 Å². The van der Waals surface area contributed by atoms with E-state index in [1.807, 2.05) is 0 Å². The highest BCUT2D eigenvalue weighted by Gasteiger charge is 1.91. The number of rotatable bonds is 11. The van der Waals surface area contributed by atoms with Crippen molar-refractivity contribution >= 4 is 0 Å². The predicted molar refractivity (Wildman–Crippen MR) is 63.4 cm³/mol. The van der Waals surface area contributed by atoms with Crippen LogP contribution in [0.25, 0.3) is 0 Å². The summed E-state index contributed by atoms with van der Waals surface area (Å²) in [6, 6.07) is 0. The van der Waals surface area contributed by atoms with Crippen molar-refractivity contribution in [3.05, 3.63) is 6.92 Å². The van der Waals surface area contributed by atoms with Gasteiger partial charge in [0.25, 0.3) is 0 Å². The molecule has 0 saturated carbocycles. The Morgan fingerprint density at radius 1 is 0.786 bits per heavy atom. The molecule has 85 valence electrons. The van der Waals surface area contributed by atoms with E-state index in [4.69, 9.17) is 4.74 Å². The molecule has 0 amide bonds. The maximum atomic E-state index is 5.46. The molecule has 1 radical (unpaired) electrons. The number of hydrogen-bond acceptors (Lipinski definition) is 1. The molecule has 0 bridgehead atoms. The first-order valence-electron chi connectivity index (χ1n) is 6.28. The molecule has 0 aromatic carbocycles. The molecule has 0 N–H and O–H groups in total. The van der Waals surface area contributed by atoms with Gasteiger partial charge in [0.1, 0.15) is 0 Å². The van der Waals surface area contributed by atoms with Crippen molar-refractivity contribution in [2.75, 3.05) is 13.2 Å². The summed E-state index contributed by atoms with van der Waals surface area (Å²) in [5.41, 5.74) is 0. The summed E-state index contributed by atoms with van der Waals surface area (Å²) < 4.78 is 5.46. The topological polar surface area (TPSA) is 9.23 Å². The molecule has 0 spiro atoms. The highest BCUT2D eigenvalue weighted by molar-refractivity contribution is 4.45. The first-order valence-corrected chi connectivity index (χ1v) is 6.28. The number of unbranched alkanes of at least 4 members (excludes halogenated alkanes) is 7. The SMILES string of the molecule is [CH2]CCCOCCCCCCCCC. The van der Waals surface area contributed by atoms with Gasteiger partial charge in [-0.25, -0.2) is 0 Å². The Bertz CT molecular complexity index is 79.2. The Labute approximate surface area is 90.2 Å². The average Bonchev–Trinajstić information content (AvgIpc) is 2.21. The maximum absolute atomic E-state index is 5.46. The second-order valence-corrected chi connectivity index (χ2v) is 3.94. The van der Waals surface area contributed by atoms with Crippen LogP contribution in [-0.4, -0.2) is 13.2 Å². The zero-order valence-electron chi connectivity index (χ0n) is 9.89. The molecule has 0 heterocycles. The van der Waals surface area contributed by atoms with Crippen molar-refractivity contribution < 1.29 is 4.74 Å². The van der Waals surface area contributed by atoms with Crippen LogP contribution in [0.5, 0.6) is 0 Å². The zero-order valence-corrected chi connectivity index (χ0v) is 9.89. The third-order valence-corrected chi connectivity index (χ3v) is 2.43. The van der Waals surface area contributed by atoms with Gasteiger partial charge in [0.2, 0.25) is 0 Å². The van der Waals surface area contributed by atoms with Gasteiger partial charge in [-0.1, -0.05) is 58.8 Å². The number of hydrogen-bond donors (Lipinski definition) is 0. The van der Waals surface area contributed by atoms with E-state index in [0.717, 1.165) is 26.1 Å². The molecular formula is C13H27O. The smallest absolute Gasteiger partial charge is 0.0466 e. The normalized spacial score (nSPS) is 10.7. The minimum absolute atomic E-state index is 0.902. The Balaban J connectivity index is 2.78. The fourth-order valence-corrected chi connectivity index (χ4v) is 1.47. The van der Waals surface area contributed by atoms with E-state index >= 15 is 0 Å². The fourth-order valence-electron chi connectivity index (χ4n) is 1.47. The van der Waals surface area contributed by atoms with Crippen LogP contribution >= 0.6 is 0 Å². The van der Waals surface area contributed by atoms with Crippen LogP contribution in [0, 0.1) is 6.92 Å². The van der Waals surface area contributed by atoms with Gasteiger partial charge in [0.15, 0.2) is 0 Å². The molecule has 0 aromatic rings. The van der Waals surface area contributed by atoms with Crippen LogP contribution in [-0.2, 0) is 4.74 Å². The lowest BCUT2D eigenvalue weighted by atomic mass is 10.1. The van der Waals surface area contributed by atoms with E-state index < -0.39 is 0 Å². The minimum atomic E-state index is 0.902. The Morgan fingerprint density at radius 2 is 1.36 bits per heavy atom. The molecule has 14 heavy (non-hydrogen) atoms. The van der Waals surface area contributed by atoms with Gasteiger partial charge in [-0.05, 0) is 12.8 Å². The van der Waals surface area contributed by atoms with Crippen LogP contribution in [0.4, 0.5) is 0 Å². The highest BCUT2D eigenvalue weighted by atomic mass is 16.5. The molecule has 0 aliphatic rings. The largest absolute Gasteiger partial charge is 0.381 e. The molecule has 0 aliphatic heterocycles. The average molecular weight is 199 g/mol. The Kier molecular flexibility index (Phi) is 12.9.